The minimum Gasteiger partial charge on any atom is -0.394 e. The van der Waals surface area contributed by atoms with E-state index in [-0.39, 0.29) is 12.6 Å². The van der Waals surface area contributed by atoms with Crippen molar-refractivity contribution in [3.8, 4) is 22.5 Å². The fourth-order valence-corrected chi connectivity index (χ4v) is 3.02. The Hall–Kier alpha value is -3.03. The number of aromatic nitrogens is 5. The number of benzene rings is 1. The van der Waals surface area contributed by atoms with Crippen LogP contribution in [0, 0.1) is 0 Å². The van der Waals surface area contributed by atoms with Crippen LogP contribution in [0.15, 0.2) is 48.9 Å². The molecule has 142 valence electrons. The third kappa shape index (κ3) is 3.67. The van der Waals surface area contributed by atoms with Crippen molar-refractivity contribution in [1.82, 2.24) is 24.7 Å². The molecule has 4 aromatic rings. The average molecular weight is 395 g/mol. The lowest BCUT2D eigenvalue weighted by Gasteiger charge is -2.13. The molecule has 0 saturated heterocycles. The lowest BCUT2D eigenvalue weighted by atomic mass is 10.1. The van der Waals surface area contributed by atoms with Gasteiger partial charge in [0, 0.05) is 35.4 Å². The highest BCUT2D eigenvalue weighted by Gasteiger charge is 2.15. The van der Waals surface area contributed by atoms with Crippen LogP contribution in [0.2, 0.25) is 5.02 Å². The van der Waals surface area contributed by atoms with Gasteiger partial charge in [-0.2, -0.15) is 5.10 Å². The zero-order chi connectivity index (χ0) is 19.7. The number of nitrogens with one attached hydrogen (secondary N) is 1. The van der Waals surface area contributed by atoms with Crippen LogP contribution in [0.4, 0.5) is 5.82 Å². The van der Waals surface area contributed by atoms with Crippen LogP contribution in [-0.4, -0.2) is 42.5 Å². The number of pyridine rings is 1. The number of fused-ring (bicyclic) bond motifs is 1. The van der Waals surface area contributed by atoms with E-state index < -0.39 is 0 Å². The van der Waals surface area contributed by atoms with Gasteiger partial charge >= 0.3 is 0 Å². The quantitative estimate of drug-likeness (QED) is 0.538. The normalized spacial score (nSPS) is 12.3. The second kappa shape index (κ2) is 7.53. The molecule has 0 aliphatic rings. The van der Waals surface area contributed by atoms with E-state index in [0.717, 1.165) is 22.3 Å². The summed E-state index contributed by atoms with van der Waals surface area (Å²) in [6, 6.07) is 9.30. The van der Waals surface area contributed by atoms with E-state index in [4.69, 9.17) is 21.6 Å². The summed E-state index contributed by atoms with van der Waals surface area (Å²) in [7, 11) is 1.86. The van der Waals surface area contributed by atoms with Crippen LogP contribution in [0.5, 0.6) is 0 Å². The van der Waals surface area contributed by atoms with Gasteiger partial charge in [0.05, 0.1) is 30.2 Å². The van der Waals surface area contributed by atoms with Crippen molar-refractivity contribution in [2.45, 2.75) is 13.0 Å². The first-order chi connectivity index (χ1) is 13.5. The summed E-state index contributed by atoms with van der Waals surface area (Å²) in [5.74, 6) is 0.584. The SMILES string of the molecule is C[C@@H](CO)Nc1cnc2cc(-c3ccc(Cl)cc3)nc(-c3cnn(C)c3)c2n1. The number of hydrogen-bond donors (Lipinski definition) is 2. The van der Waals surface area contributed by atoms with Gasteiger partial charge in [-0.3, -0.25) is 9.67 Å². The second-order valence-corrected chi connectivity index (χ2v) is 7.05. The molecule has 0 fully saturated rings. The molecule has 1 aromatic carbocycles. The summed E-state index contributed by atoms with van der Waals surface area (Å²) in [5.41, 5.74) is 4.66. The lowest BCUT2D eigenvalue weighted by molar-refractivity contribution is 0.281. The highest BCUT2D eigenvalue weighted by Crippen LogP contribution is 2.30. The van der Waals surface area contributed by atoms with Crippen LogP contribution in [0.1, 0.15) is 6.92 Å². The van der Waals surface area contributed by atoms with Crippen LogP contribution in [-0.2, 0) is 7.05 Å². The van der Waals surface area contributed by atoms with Crippen LogP contribution in [0.3, 0.4) is 0 Å². The third-order valence-electron chi connectivity index (χ3n) is 4.32. The Morgan fingerprint density at radius 3 is 2.61 bits per heavy atom. The highest BCUT2D eigenvalue weighted by atomic mass is 35.5. The molecule has 2 N–H and O–H groups in total. The first kappa shape index (κ1) is 18.3. The van der Waals surface area contributed by atoms with Crippen molar-refractivity contribution in [2.75, 3.05) is 11.9 Å². The number of halogens is 1. The van der Waals surface area contributed by atoms with Gasteiger partial charge in [0.1, 0.15) is 17.0 Å². The molecule has 7 nitrogen and oxygen atoms in total. The smallest absolute Gasteiger partial charge is 0.145 e. The Kier molecular flexibility index (Phi) is 4.93. The molecule has 1 atom stereocenters. The van der Waals surface area contributed by atoms with Gasteiger partial charge in [-0.25, -0.2) is 9.97 Å². The topological polar surface area (TPSA) is 88.8 Å². The predicted octanol–water partition coefficient (Wildman–Crippen LogP) is 3.54. The molecule has 0 spiro atoms. The minimum atomic E-state index is -0.130. The predicted molar refractivity (Wildman–Crippen MR) is 110 cm³/mol. The number of anilines is 1. The molecule has 3 heterocycles. The molecule has 4 rings (SSSR count). The Balaban J connectivity index is 1.90. The van der Waals surface area contributed by atoms with E-state index in [1.54, 1.807) is 17.1 Å². The van der Waals surface area contributed by atoms with E-state index in [1.165, 1.54) is 0 Å². The number of rotatable bonds is 5. The van der Waals surface area contributed by atoms with E-state index in [2.05, 4.69) is 15.4 Å². The van der Waals surface area contributed by atoms with Crippen molar-refractivity contribution < 1.29 is 5.11 Å². The van der Waals surface area contributed by atoms with E-state index in [9.17, 15) is 5.11 Å². The summed E-state index contributed by atoms with van der Waals surface area (Å²) in [6.45, 7) is 1.87. The van der Waals surface area contributed by atoms with E-state index in [1.807, 2.05) is 50.5 Å². The zero-order valence-corrected chi connectivity index (χ0v) is 16.2. The number of aryl methyl sites for hydroxylation is 1. The monoisotopic (exact) mass is 394 g/mol. The average Bonchev–Trinajstić information content (AvgIpc) is 3.14. The van der Waals surface area contributed by atoms with E-state index in [0.29, 0.717) is 22.1 Å². The van der Waals surface area contributed by atoms with Gasteiger partial charge in [0.2, 0.25) is 0 Å². The molecule has 0 bridgehead atoms. The van der Waals surface area contributed by atoms with Crippen molar-refractivity contribution in [3.63, 3.8) is 0 Å². The minimum absolute atomic E-state index is 0.00291. The number of aliphatic hydroxyl groups excluding tert-OH is 1. The Bertz CT molecular complexity index is 1130. The highest BCUT2D eigenvalue weighted by molar-refractivity contribution is 6.30. The van der Waals surface area contributed by atoms with Crippen molar-refractivity contribution in [1.29, 1.82) is 0 Å². The van der Waals surface area contributed by atoms with Crippen molar-refractivity contribution in [3.05, 3.63) is 53.9 Å². The van der Waals surface area contributed by atoms with Gasteiger partial charge in [0.15, 0.2) is 0 Å². The molecule has 0 unspecified atom stereocenters. The van der Waals surface area contributed by atoms with Gasteiger partial charge in [-0.15, -0.1) is 0 Å². The van der Waals surface area contributed by atoms with Gasteiger partial charge in [-0.1, -0.05) is 23.7 Å². The maximum absolute atomic E-state index is 9.28. The summed E-state index contributed by atoms with van der Waals surface area (Å²) in [6.07, 6.45) is 5.31. The molecule has 0 saturated carbocycles. The number of nitrogens with zero attached hydrogens (tertiary/aromatic N) is 5. The fraction of sp³-hybridized carbons (Fsp3) is 0.200. The molecular weight excluding hydrogens is 376 g/mol. The van der Waals surface area contributed by atoms with Gasteiger partial charge in [0.25, 0.3) is 0 Å². The Morgan fingerprint density at radius 1 is 1.14 bits per heavy atom. The zero-order valence-electron chi connectivity index (χ0n) is 15.5. The largest absolute Gasteiger partial charge is 0.394 e. The molecule has 8 heteroatoms. The van der Waals surface area contributed by atoms with Gasteiger partial charge in [-0.05, 0) is 25.1 Å². The van der Waals surface area contributed by atoms with Crippen LogP contribution >= 0.6 is 11.6 Å². The Labute approximate surface area is 167 Å². The van der Waals surface area contributed by atoms with Crippen molar-refractivity contribution >= 4 is 28.5 Å². The second-order valence-electron chi connectivity index (χ2n) is 6.62. The first-order valence-corrected chi connectivity index (χ1v) is 9.21. The molecule has 0 aliphatic heterocycles. The first-order valence-electron chi connectivity index (χ1n) is 8.83. The molecule has 3 aromatic heterocycles. The summed E-state index contributed by atoms with van der Waals surface area (Å²) < 4.78 is 1.72. The molecule has 28 heavy (non-hydrogen) atoms. The number of aliphatic hydroxyl groups is 1. The van der Waals surface area contributed by atoms with E-state index >= 15 is 0 Å². The molecule has 0 radical (unpaired) electrons. The van der Waals surface area contributed by atoms with Crippen LogP contribution < -0.4 is 5.32 Å². The third-order valence-corrected chi connectivity index (χ3v) is 4.57. The summed E-state index contributed by atoms with van der Waals surface area (Å²) in [4.78, 5) is 14.1. The summed E-state index contributed by atoms with van der Waals surface area (Å²) >= 11 is 6.02. The maximum atomic E-state index is 9.28. The maximum Gasteiger partial charge on any atom is 0.145 e. The van der Waals surface area contributed by atoms with Crippen molar-refractivity contribution in [2.24, 2.45) is 7.05 Å². The fourth-order valence-electron chi connectivity index (χ4n) is 2.89. The van der Waals surface area contributed by atoms with Crippen LogP contribution in [0.25, 0.3) is 33.5 Å². The molecule has 0 amide bonds. The molecular formula is C20H19ClN6O. The standard InChI is InChI=1S/C20H19ClN6O/c1-12(11-28)24-18-9-22-17-7-16(13-3-5-15(21)6-4-13)25-19(20(17)26-18)14-8-23-27(2)10-14/h3-10,12,28H,11H2,1-2H3,(H,24,26)/t12-/m0/s1. The lowest BCUT2D eigenvalue weighted by Crippen LogP contribution is -2.20. The Morgan fingerprint density at radius 2 is 1.93 bits per heavy atom. The molecule has 0 aliphatic carbocycles. The van der Waals surface area contributed by atoms with Gasteiger partial charge < -0.3 is 10.4 Å². The summed E-state index contributed by atoms with van der Waals surface area (Å²) in [5, 5.41) is 17.3. The number of hydrogen-bond acceptors (Lipinski definition) is 6.